The van der Waals surface area contributed by atoms with Gasteiger partial charge in [-0.1, -0.05) is 43.2 Å². The Kier molecular flexibility index (Phi) is 16.7. The third kappa shape index (κ3) is 13.9. The minimum atomic E-state index is -1.15. The zero-order chi connectivity index (χ0) is 27.9. The van der Waals surface area contributed by atoms with Crippen molar-refractivity contribution in [2.24, 2.45) is 10.8 Å². The van der Waals surface area contributed by atoms with E-state index >= 15 is 0 Å². The van der Waals surface area contributed by atoms with Crippen molar-refractivity contribution < 1.29 is 23.9 Å². The Labute approximate surface area is 231 Å². The van der Waals surface area contributed by atoms with Gasteiger partial charge in [0.05, 0.1) is 16.1 Å². The number of nitrogens with one attached hydrogen (secondary N) is 1. The molecule has 0 rings (SSSR count). The van der Waals surface area contributed by atoms with Gasteiger partial charge in [-0.25, -0.2) is 0 Å². The number of ether oxygens (including phenoxy) is 2. The van der Waals surface area contributed by atoms with Crippen LogP contribution in [0.1, 0.15) is 67.2 Å². The van der Waals surface area contributed by atoms with Crippen LogP contribution in [0.15, 0.2) is 0 Å². The van der Waals surface area contributed by atoms with E-state index in [2.05, 4.69) is 18.2 Å². The summed E-state index contributed by atoms with van der Waals surface area (Å²) in [4.78, 5) is 41.3. The molecule has 0 bridgehead atoms. The Morgan fingerprint density at radius 1 is 1.14 bits per heavy atom. The molecule has 7 nitrogen and oxygen atoms in total. The van der Waals surface area contributed by atoms with Gasteiger partial charge in [-0.3, -0.25) is 14.4 Å². The largest absolute Gasteiger partial charge is 0.464 e. The number of thiocarbonyl (C=S) groups is 1. The van der Waals surface area contributed by atoms with Crippen molar-refractivity contribution >= 4 is 57.1 Å². The number of carbonyl (C=O) groups is 3. The third-order valence-electron chi connectivity index (χ3n) is 5.25. The van der Waals surface area contributed by atoms with Gasteiger partial charge in [-0.2, -0.15) is 0 Å². The normalized spacial score (nSPS) is 14.0. The number of hydrogen-bond donors (Lipinski definition) is 1. The second-order valence-corrected chi connectivity index (χ2v) is 13.8. The first-order valence-corrected chi connectivity index (χ1v) is 14.5. The van der Waals surface area contributed by atoms with Crippen LogP contribution in [0.2, 0.25) is 0 Å². The van der Waals surface area contributed by atoms with Crippen LogP contribution in [-0.2, 0) is 23.9 Å². The van der Waals surface area contributed by atoms with Gasteiger partial charge in [0.1, 0.15) is 10.1 Å². The highest BCUT2D eigenvalue weighted by molar-refractivity contribution is 8.47. The lowest BCUT2D eigenvalue weighted by molar-refractivity contribution is -0.162. The summed E-state index contributed by atoms with van der Waals surface area (Å²) in [6, 6.07) is -0.0737. The van der Waals surface area contributed by atoms with E-state index in [1.807, 2.05) is 32.8 Å². The predicted octanol–water partition coefficient (Wildman–Crippen LogP) is 4.52. The van der Waals surface area contributed by atoms with Crippen LogP contribution in [0, 0.1) is 23.2 Å². The molecule has 0 spiro atoms. The summed E-state index contributed by atoms with van der Waals surface area (Å²) in [5.74, 6) is 1.99. The highest BCUT2D eigenvalue weighted by atomic mass is 32.2. The molecule has 0 heterocycles. The highest BCUT2D eigenvalue weighted by Crippen LogP contribution is 2.42. The Hall–Kier alpha value is -1.28. The number of likely N-dealkylation sites (N-methyl/N-ethyl adjacent to an activating group) is 1. The number of esters is 2. The van der Waals surface area contributed by atoms with Crippen LogP contribution < -0.4 is 5.32 Å². The van der Waals surface area contributed by atoms with E-state index in [1.165, 1.54) is 11.8 Å². The number of amides is 1. The van der Waals surface area contributed by atoms with Crippen LogP contribution in [0.4, 0.5) is 0 Å². The first kappa shape index (κ1) is 34.7. The SMILES string of the molecule is C#CCOC(=O)C(C)(C)CC(C)(CC(SC(=S)SCCCC)C(=O)NC(C)C)C(=O)OCCN(C)C. The van der Waals surface area contributed by atoms with Gasteiger partial charge in [0.15, 0.2) is 6.61 Å². The van der Waals surface area contributed by atoms with Gasteiger partial charge >= 0.3 is 11.9 Å². The lowest BCUT2D eigenvalue weighted by atomic mass is 9.71. The molecule has 0 aliphatic heterocycles. The first-order valence-electron chi connectivity index (χ1n) is 12.2. The number of unbranched alkanes of at least 4 members (excludes halogenated alkanes) is 1. The molecule has 0 aromatic carbocycles. The van der Waals surface area contributed by atoms with Crippen molar-refractivity contribution in [3.05, 3.63) is 0 Å². The number of rotatable bonds is 16. The smallest absolute Gasteiger partial charge is 0.312 e. The summed E-state index contributed by atoms with van der Waals surface area (Å²) in [6.07, 6.45) is 7.58. The Bertz CT molecular complexity index is 780. The van der Waals surface area contributed by atoms with Crippen LogP contribution in [0.5, 0.6) is 0 Å². The van der Waals surface area contributed by atoms with E-state index in [9.17, 15) is 14.4 Å². The Morgan fingerprint density at radius 2 is 1.78 bits per heavy atom. The molecule has 2 atom stereocenters. The second kappa shape index (κ2) is 17.3. The zero-order valence-corrected chi connectivity index (χ0v) is 25.6. The van der Waals surface area contributed by atoms with Crippen LogP contribution in [0.25, 0.3) is 0 Å². The van der Waals surface area contributed by atoms with E-state index in [4.69, 9.17) is 28.1 Å². The van der Waals surface area contributed by atoms with Crippen molar-refractivity contribution in [3.8, 4) is 12.3 Å². The molecule has 1 amide bonds. The van der Waals surface area contributed by atoms with E-state index < -0.39 is 28.0 Å². The van der Waals surface area contributed by atoms with E-state index in [0.717, 1.165) is 18.6 Å². The van der Waals surface area contributed by atoms with Gasteiger partial charge in [0.25, 0.3) is 0 Å². The minimum absolute atomic E-state index is 0.0737. The molecule has 2 unspecified atom stereocenters. The van der Waals surface area contributed by atoms with Crippen molar-refractivity contribution in [1.82, 2.24) is 10.2 Å². The average molecular weight is 561 g/mol. The average Bonchev–Trinajstić information content (AvgIpc) is 2.75. The molecule has 0 aliphatic carbocycles. The quantitative estimate of drug-likeness (QED) is 0.127. The van der Waals surface area contributed by atoms with Crippen molar-refractivity contribution in [3.63, 3.8) is 0 Å². The molecule has 1 N–H and O–H groups in total. The van der Waals surface area contributed by atoms with Gasteiger partial charge in [-0.15, -0.1) is 18.2 Å². The maximum absolute atomic E-state index is 13.4. The number of hydrogen-bond acceptors (Lipinski definition) is 9. The fraction of sp³-hybridized carbons (Fsp3) is 0.769. The van der Waals surface area contributed by atoms with Crippen molar-refractivity contribution in [1.29, 1.82) is 0 Å². The fourth-order valence-corrected chi connectivity index (χ4v) is 6.42. The monoisotopic (exact) mass is 560 g/mol. The summed E-state index contributed by atoms with van der Waals surface area (Å²) in [6.45, 7) is 11.6. The molecule has 0 aliphatic rings. The van der Waals surface area contributed by atoms with Crippen molar-refractivity contribution in [2.45, 2.75) is 78.5 Å². The summed E-state index contributed by atoms with van der Waals surface area (Å²) >= 11 is 8.39. The third-order valence-corrected chi connectivity index (χ3v) is 8.12. The van der Waals surface area contributed by atoms with Gasteiger partial charge in [-0.05, 0) is 73.7 Å². The number of nitrogens with zero attached hydrogens (tertiary/aromatic N) is 1. The van der Waals surface area contributed by atoms with E-state index in [0.29, 0.717) is 10.1 Å². The molecule has 0 fully saturated rings. The van der Waals surface area contributed by atoms with E-state index in [-0.39, 0.29) is 38.0 Å². The molecule has 206 valence electrons. The molecule has 0 aromatic heterocycles. The summed E-state index contributed by atoms with van der Waals surface area (Å²) in [7, 11) is 3.77. The molecular formula is C26H44N2O5S3. The minimum Gasteiger partial charge on any atom is -0.464 e. The summed E-state index contributed by atoms with van der Waals surface area (Å²) in [5.41, 5.74) is -2.19. The predicted molar refractivity (Wildman–Crippen MR) is 155 cm³/mol. The van der Waals surface area contributed by atoms with Crippen LogP contribution in [-0.4, -0.2) is 77.2 Å². The lowest BCUT2D eigenvalue weighted by Gasteiger charge is -2.36. The number of terminal acetylenes is 1. The molecule has 36 heavy (non-hydrogen) atoms. The number of thioether (sulfide) groups is 2. The molecule has 0 radical (unpaired) electrons. The summed E-state index contributed by atoms with van der Waals surface area (Å²) in [5, 5.41) is 2.32. The second-order valence-electron chi connectivity index (χ2n) is 10.3. The molecule has 0 aromatic rings. The first-order chi connectivity index (χ1) is 16.7. The maximum Gasteiger partial charge on any atom is 0.312 e. The summed E-state index contributed by atoms with van der Waals surface area (Å²) < 4.78 is 11.5. The zero-order valence-electron chi connectivity index (χ0n) is 23.1. The van der Waals surface area contributed by atoms with Gasteiger partial charge < -0.3 is 19.7 Å². The topological polar surface area (TPSA) is 84.9 Å². The van der Waals surface area contributed by atoms with Gasteiger partial charge in [0.2, 0.25) is 5.91 Å². The van der Waals surface area contributed by atoms with Crippen molar-refractivity contribution in [2.75, 3.05) is 39.6 Å². The van der Waals surface area contributed by atoms with Gasteiger partial charge in [0, 0.05) is 12.6 Å². The Morgan fingerprint density at radius 3 is 2.31 bits per heavy atom. The molecule has 0 saturated carbocycles. The fourth-order valence-electron chi connectivity index (χ4n) is 3.50. The number of carbonyl (C=O) groups excluding carboxylic acids is 3. The van der Waals surface area contributed by atoms with E-state index in [1.54, 1.807) is 32.5 Å². The molecular weight excluding hydrogens is 516 g/mol. The molecule has 0 saturated heterocycles. The highest BCUT2D eigenvalue weighted by Gasteiger charge is 2.46. The Balaban J connectivity index is 6.01. The standard InChI is InChI=1S/C26H44N2O5S3/c1-10-12-16-35-24(34)36-20(21(29)27-19(3)4)17-26(7,23(31)33-15-13-28(8)9)18-25(5,6)22(30)32-14-11-2/h2,19-20H,10,12-18H2,1,3-9H3,(H,27,29). The van der Waals surface area contributed by atoms with Crippen LogP contribution >= 0.6 is 35.7 Å². The molecule has 10 heteroatoms. The lowest BCUT2D eigenvalue weighted by Crippen LogP contribution is -2.45. The maximum atomic E-state index is 13.4. The van der Waals surface area contributed by atoms with Crippen LogP contribution in [0.3, 0.4) is 0 Å².